The lowest BCUT2D eigenvalue weighted by Crippen LogP contribution is -2.41. The molecule has 0 aliphatic rings. The molecule has 2 aromatic carbocycles. The molecule has 1 amide bonds. The molecule has 20 heavy (non-hydrogen) atoms. The predicted octanol–water partition coefficient (Wildman–Crippen LogP) is 2.38. The van der Waals surface area contributed by atoms with Crippen molar-refractivity contribution in [2.24, 2.45) is 5.73 Å². The molecule has 0 aliphatic carbocycles. The molecule has 0 saturated carbocycles. The van der Waals surface area contributed by atoms with Crippen molar-refractivity contribution in [3.8, 4) is 0 Å². The lowest BCUT2D eigenvalue weighted by molar-refractivity contribution is -0.119. The Morgan fingerprint density at radius 3 is 2.15 bits per heavy atom. The number of carbonyl (C=O) groups excluding carboxylic acids is 1. The molecule has 2 aromatic rings. The van der Waals surface area contributed by atoms with E-state index in [9.17, 15) is 9.18 Å². The third-order valence-corrected chi connectivity index (χ3v) is 3.18. The topological polar surface area (TPSA) is 55.1 Å². The Balaban J connectivity index is 2.34. The third-order valence-electron chi connectivity index (χ3n) is 3.18. The summed E-state index contributed by atoms with van der Waals surface area (Å²) in [5.74, 6) is -0.712. The summed E-state index contributed by atoms with van der Waals surface area (Å²) >= 11 is 0. The van der Waals surface area contributed by atoms with Crippen molar-refractivity contribution >= 4 is 5.91 Å². The van der Waals surface area contributed by atoms with Gasteiger partial charge < -0.3 is 5.73 Å². The molecule has 3 nitrogen and oxygen atoms in total. The Morgan fingerprint density at radius 1 is 1.05 bits per heavy atom. The van der Waals surface area contributed by atoms with E-state index in [4.69, 9.17) is 5.73 Å². The van der Waals surface area contributed by atoms with Crippen molar-refractivity contribution in [1.82, 2.24) is 5.32 Å². The fourth-order valence-electron chi connectivity index (χ4n) is 2.02. The van der Waals surface area contributed by atoms with Crippen molar-refractivity contribution < 1.29 is 9.18 Å². The fraction of sp³-hybridized carbons (Fsp3) is 0.188. The zero-order chi connectivity index (χ0) is 14.5. The van der Waals surface area contributed by atoms with Crippen LogP contribution in [0.25, 0.3) is 0 Å². The van der Waals surface area contributed by atoms with Crippen molar-refractivity contribution in [2.75, 3.05) is 0 Å². The maximum absolute atomic E-state index is 13.0. The summed E-state index contributed by atoms with van der Waals surface area (Å²) in [6.45, 7) is 1.71. The van der Waals surface area contributed by atoms with Crippen molar-refractivity contribution in [3.63, 3.8) is 0 Å². The molecule has 0 heterocycles. The second-order valence-electron chi connectivity index (χ2n) is 4.69. The number of amides is 1. The summed E-state index contributed by atoms with van der Waals surface area (Å²) < 4.78 is 13.0. The van der Waals surface area contributed by atoms with Gasteiger partial charge in [0.15, 0.2) is 0 Å². The van der Waals surface area contributed by atoms with E-state index >= 15 is 0 Å². The first kappa shape index (κ1) is 14.2. The van der Waals surface area contributed by atoms with E-state index in [0.29, 0.717) is 0 Å². The van der Waals surface area contributed by atoms with E-state index in [1.807, 2.05) is 30.3 Å². The molecule has 0 spiro atoms. The van der Waals surface area contributed by atoms with Crippen LogP contribution >= 0.6 is 0 Å². The maximum Gasteiger partial charge on any atom is 0.234 e. The first-order chi connectivity index (χ1) is 9.58. The number of nitrogens with one attached hydrogen (secondary N) is 1. The molecule has 0 radical (unpaired) electrons. The lowest BCUT2D eigenvalue weighted by atomic mass is 9.98. The highest BCUT2D eigenvalue weighted by Gasteiger charge is 2.18. The molecule has 0 fully saturated rings. The highest BCUT2D eigenvalue weighted by Crippen LogP contribution is 2.22. The van der Waals surface area contributed by atoms with Gasteiger partial charge >= 0.3 is 0 Å². The van der Waals surface area contributed by atoms with E-state index in [1.54, 1.807) is 19.1 Å². The molecule has 0 saturated heterocycles. The van der Waals surface area contributed by atoms with Gasteiger partial charge in [0.05, 0.1) is 12.1 Å². The van der Waals surface area contributed by atoms with Crippen LogP contribution in [0.1, 0.15) is 24.1 Å². The van der Waals surface area contributed by atoms with Gasteiger partial charge in [-0.15, -0.1) is 0 Å². The van der Waals surface area contributed by atoms with Gasteiger partial charge in [-0.05, 0) is 30.2 Å². The van der Waals surface area contributed by atoms with Crippen molar-refractivity contribution in [2.45, 2.75) is 19.0 Å². The molecule has 104 valence electrons. The van der Waals surface area contributed by atoms with Gasteiger partial charge in [0.1, 0.15) is 5.82 Å². The van der Waals surface area contributed by atoms with Crippen LogP contribution in [0.3, 0.4) is 0 Å². The second kappa shape index (κ2) is 6.30. The Kier molecular flexibility index (Phi) is 4.48. The summed E-state index contributed by atoms with van der Waals surface area (Å²) in [6, 6.07) is 15.2. The molecule has 2 rings (SSSR count). The summed E-state index contributed by atoms with van der Waals surface area (Å²) in [6.07, 6.45) is 0. The zero-order valence-electron chi connectivity index (χ0n) is 11.2. The maximum atomic E-state index is 13.0. The highest BCUT2D eigenvalue weighted by molar-refractivity contribution is 5.79. The van der Waals surface area contributed by atoms with Crippen molar-refractivity contribution in [1.29, 1.82) is 0 Å². The van der Waals surface area contributed by atoms with Gasteiger partial charge in [-0.2, -0.15) is 0 Å². The number of nitrogens with two attached hydrogens (primary N) is 1. The summed E-state index contributed by atoms with van der Waals surface area (Å²) in [5.41, 5.74) is 7.18. The van der Waals surface area contributed by atoms with Crippen LogP contribution in [-0.2, 0) is 4.79 Å². The van der Waals surface area contributed by atoms with E-state index in [-0.39, 0.29) is 11.9 Å². The highest BCUT2D eigenvalue weighted by atomic mass is 19.1. The quantitative estimate of drug-likeness (QED) is 0.878. The lowest BCUT2D eigenvalue weighted by Gasteiger charge is -2.22. The molecule has 0 aromatic heterocycles. The minimum atomic E-state index is -0.481. The smallest absolute Gasteiger partial charge is 0.234 e. The predicted molar refractivity (Wildman–Crippen MR) is 76.5 cm³/mol. The molecule has 0 aliphatic heterocycles. The van der Waals surface area contributed by atoms with Gasteiger partial charge in [-0.1, -0.05) is 42.5 Å². The number of hydrogen-bond donors (Lipinski definition) is 2. The second-order valence-corrected chi connectivity index (χ2v) is 4.69. The largest absolute Gasteiger partial charge is 0.368 e. The first-order valence-electron chi connectivity index (χ1n) is 6.43. The molecular formula is C16H17FN2O. The molecule has 3 N–H and O–H groups in total. The molecular weight excluding hydrogens is 255 g/mol. The first-order valence-corrected chi connectivity index (χ1v) is 6.43. The number of rotatable bonds is 5. The van der Waals surface area contributed by atoms with E-state index in [0.717, 1.165) is 11.1 Å². The summed E-state index contributed by atoms with van der Waals surface area (Å²) in [7, 11) is 0. The normalized spacial score (nSPS) is 13.7. The van der Waals surface area contributed by atoms with Crippen LogP contribution in [0.4, 0.5) is 4.39 Å². The van der Waals surface area contributed by atoms with Crippen molar-refractivity contribution in [3.05, 3.63) is 71.5 Å². The molecule has 2 unspecified atom stereocenters. The Bertz CT molecular complexity index is 569. The zero-order valence-corrected chi connectivity index (χ0v) is 11.2. The fourth-order valence-corrected chi connectivity index (χ4v) is 2.02. The monoisotopic (exact) mass is 272 g/mol. The average Bonchev–Trinajstić information content (AvgIpc) is 2.46. The third kappa shape index (κ3) is 3.42. The standard InChI is InChI=1S/C16H17FN2O/c1-11(16(18)20)19-15(12-5-3-2-4-6-12)13-7-9-14(17)10-8-13/h2-11,15,19H,1H3,(H2,18,20). The van der Waals surface area contributed by atoms with Crippen LogP contribution in [0.2, 0.25) is 0 Å². The number of benzene rings is 2. The Morgan fingerprint density at radius 2 is 1.60 bits per heavy atom. The van der Waals surface area contributed by atoms with Gasteiger partial charge in [0.25, 0.3) is 0 Å². The van der Waals surface area contributed by atoms with E-state index in [2.05, 4.69) is 5.32 Å². The van der Waals surface area contributed by atoms with Gasteiger partial charge in [-0.25, -0.2) is 4.39 Å². The molecule has 0 bridgehead atoms. The average molecular weight is 272 g/mol. The van der Waals surface area contributed by atoms with Crippen LogP contribution in [0.15, 0.2) is 54.6 Å². The number of carbonyl (C=O) groups is 1. The van der Waals surface area contributed by atoms with Crippen LogP contribution < -0.4 is 11.1 Å². The minimum Gasteiger partial charge on any atom is -0.368 e. The number of hydrogen-bond acceptors (Lipinski definition) is 2. The van der Waals surface area contributed by atoms with E-state index < -0.39 is 11.9 Å². The number of primary amides is 1. The van der Waals surface area contributed by atoms with Crippen LogP contribution in [-0.4, -0.2) is 11.9 Å². The van der Waals surface area contributed by atoms with Crippen LogP contribution in [0.5, 0.6) is 0 Å². The SMILES string of the molecule is CC(NC(c1ccccc1)c1ccc(F)cc1)C(N)=O. The Hall–Kier alpha value is -2.20. The number of halogens is 1. The summed E-state index contributed by atoms with van der Waals surface area (Å²) in [5, 5.41) is 3.17. The van der Waals surface area contributed by atoms with Gasteiger partial charge in [0.2, 0.25) is 5.91 Å². The molecule has 4 heteroatoms. The van der Waals surface area contributed by atoms with E-state index in [1.165, 1.54) is 12.1 Å². The van der Waals surface area contributed by atoms with Crippen LogP contribution in [0, 0.1) is 5.82 Å². The van der Waals surface area contributed by atoms with Gasteiger partial charge in [-0.3, -0.25) is 10.1 Å². The minimum absolute atomic E-state index is 0.209. The Labute approximate surface area is 117 Å². The molecule has 2 atom stereocenters. The summed E-state index contributed by atoms with van der Waals surface area (Å²) in [4.78, 5) is 11.3. The van der Waals surface area contributed by atoms with Gasteiger partial charge in [0, 0.05) is 0 Å².